The Morgan fingerprint density at radius 2 is 2.21 bits per heavy atom. The van der Waals surface area contributed by atoms with Crippen LogP contribution < -0.4 is 15.4 Å². The Morgan fingerprint density at radius 1 is 1.41 bits per heavy atom. The quantitative estimate of drug-likeness (QED) is 0.385. The van der Waals surface area contributed by atoms with Gasteiger partial charge in [0.25, 0.3) is 0 Å². The molecule has 34 heavy (non-hydrogen) atoms. The minimum Gasteiger partial charge on any atom is -0.492 e. The van der Waals surface area contributed by atoms with Gasteiger partial charge in [-0.15, -0.1) is 0 Å². The standard InChI is InChI=1S/C23H26ClN3O6S/c1-3-32-17-7-6-13(9-16(17)24)19-15(10-25)22(27-21(29)20(19)23(30)31-2)34-12-18(28)26-11-14-5-4-8-33-14/h6-7,9,14,19-20H,3-5,8,11-12H2,1-2H3,(H,26,28)(H,27,29)/t14-,19+,20-/m0/s1. The first-order valence-electron chi connectivity index (χ1n) is 10.9. The van der Waals surface area contributed by atoms with Gasteiger partial charge in [0.1, 0.15) is 11.7 Å². The maximum absolute atomic E-state index is 12.9. The number of benzene rings is 1. The number of hydrogen-bond acceptors (Lipinski definition) is 8. The zero-order valence-corrected chi connectivity index (χ0v) is 20.5. The average molecular weight is 508 g/mol. The van der Waals surface area contributed by atoms with E-state index in [0.717, 1.165) is 24.6 Å². The molecule has 0 bridgehead atoms. The van der Waals surface area contributed by atoms with E-state index in [0.29, 0.717) is 31.1 Å². The number of methoxy groups -OCH3 is 1. The molecular weight excluding hydrogens is 482 g/mol. The van der Waals surface area contributed by atoms with Gasteiger partial charge in [0, 0.05) is 19.1 Å². The van der Waals surface area contributed by atoms with Crippen molar-refractivity contribution in [3.05, 3.63) is 39.4 Å². The van der Waals surface area contributed by atoms with Crippen molar-refractivity contribution >= 4 is 41.1 Å². The predicted molar refractivity (Wildman–Crippen MR) is 126 cm³/mol. The molecule has 3 rings (SSSR count). The van der Waals surface area contributed by atoms with Crippen LogP contribution in [0.15, 0.2) is 28.8 Å². The summed E-state index contributed by atoms with van der Waals surface area (Å²) in [6.07, 6.45) is 1.87. The average Bonchev–Trinajstić information content (AvgIpc) is 3.35. The summed E-state index contributed by atoms with van der Waals surface area (Å²) in [4.78, 5) is 37.7. The summed E-state index contributed by atoms with van der Waals surface area (Å²) in [6, 6.07) is 6.96. The van der Waals surface area contributed by atoms with Crippen LogP contribution in [0.5, 0.6) is 5.75 Å². The van der Waals surface area contributed by atoms with Gasteiger partial charge in [-0.2, -0.15) is 5.26 Å². The van der Waals surface area contributed by atoms with Gasteiger partial charge in [-0.1, -0.05) is 29.4 Å². The third-order valence-electron chi connectivity index (χ3n) is 5.50. The van der Waals surface area contributed by atoms with E-state index in [9.17, 15) is 19.6 Å². The van der Waals surface area contributed by atoms with Crippen LogP contribution in [0.1, 0.15) is 31.2 Å². The summed E-state index contributed by atoms with van der Waals surface area (Å²) in [7, 11) is 1.18. The van der Waals surface area contributed by atoms with Crippen LogP contribution in [-0.4, -0.2) is 56.5 Å². The lowest BCUT2D eigenvalue weighted by Crippen LogP contribution is -2.44. The molecule has 11 heteroatoms. The van der Waals surface area contributed by atoms with Crippen molar-refractivity contribution in [3.8, 4) is 11.8 Å². The molecule has 2 aliphatic rings. The van der Waals surface area contributed by atoms with E-state index in [2.05, 4.69) is 16.7 Å². The minimum absolute atomic E-state index is 0.00632. The van der Waals surface area contributed by atoms with Crippen molar-refractivity contribution in [1.29, 1.82) is 5.26 Å². The number of ether oxygens (including phenoxy) is 3. The normalized spacial score (nSPS) is 22.1. The second-order valence-corrected chi connectivity index (χ2v) is 9.07. The first-order chi connectivity index (χ1) is 16.4. The molecule has 2 aliphatic heterocycles. The number of nitriles is 1. The van der Waals surface area contributed by atoms with Crippen LogP contribution in [0, 0.1) is 17.2 Å². The number of hydrogen-bond donors (Lipinski definition) is 2. The van der Waals surface area contributed by atoms with E-state index < -0.39 is 23.7 Å². The fourth-order valence-electron chi connectivity index (χ4n) is 3.88. The number of carbonyl (C=O) groups is 3. The molecule has 1 saturated heterocycles. The lowest BCUT2D eigenvalue weighted by atomic mass is 9.78. The summed E-state index contributed by atoms with van der Waals surface area (Å²) in [5, 5.41) is 15.9. The van der Waals surface area contributed by atoms with E-state index in [4.69, 9.17) is 25.8 Å². The third kappa shape index (κ3) is 6.03. The number of halogens is 1. The first-order valence-corrected chi connectivity index (χ1v) is 12.2. The molecule has 0 aromatic heterocycles. The van der Waals surface area contributed by atoms with Crippen molar-refractivity contribution < 1.29 is 28.6 Å². The van der Waals surface area contributed by atoms with Gasteiger partial charge in [-0.05, 0) is 37.5 Å². The highest BCUT2D eigenvalue weighted by Gasteiger charge is 2.44. The summed E-state index contributed by atoms with van der Waals surface area (Å²) in [5.41, 5.74) is 0.628. The van der Waals surface area contributed by atoms with Crippen molar-refractivity contribution in [2.24, 2.45) is 5.92 Å². The number of rotatable bonds is 9. The van der Waals surface area contributed by atoms with Crippen LogP contribution in [0.2, 0.25) is 5.02 Å². The van der Waals surface area contributed by atoms with Gasteiger partial charge in [0.15, 0.2) is 0 Å². The molecule has 3 atom stereocenters. The van der Waals surface area contributed by atoms with Gasteiger partial charge in [-0.25, -0.2) is 0 Å². The Balaban J connectivity index is 1.86. The number of allylic oxidation sites excluding steroid dienone is 1. The number of nitrogens with zero attached hydrogens (tertiary/aromatic N) is 1. The zero-order chi connectivity index (χ0) is 24.7. The second kappa shape index (κ2) is 12.1. The summed E-state index contributed by atoms with van der Waals surface area (Å²) >= 11 is 7.36. The molecule has 0 unspecified atom stereocenters. The Labute approximate surface area is 207 Å². The molecule has 0 saturated carbocycles. The molecule has 1 fully saturated rings. The molecule has 2 N–H and O–H groups in total. The molecular formula is C23H26ClN3O6S. The smallest absolute Gasteiger partial charge is 0.319 e. The molecule has 2 heterocycles. The number of carbonyl (C=O) groups excluding carboxylic acids is 3. The predicted octanol–water partition coefficient (Wildman–Crippen LogP) is 2.50. The topological polar surface area (TPSA) is 127 Å². The molecule has 0 radical (unpaired) electrons. The number of thioether (sulfide) groups is 1. The lowest BCUT2D eigenvalue weighted by Gasteiger charge is -2.31. The second-order valence-electron chi connectivity index (χ2n) is 7.67. The number of esters is 1. The van der Waals surface area contributed by atoms with Crippen LogP contribution in [0.25, 0.3) is 0 Å². The van der Waals surface area contributed by atoms with Crippen molar-refractivity contribution in [2.45, 2.75) is 31.8 Å². The van der Waals surface area contributed by atoms with E-state index in [1.54, 1.807) is 18.2 Å². The zero-order valence-electron chi connectivity index (χ0n) is 18.9. The SMILES string of the molecule is CCOc1ccc([C@@H]2C(C#N)=C(SCC(=O)NC[C@@H]3CCCO3)NC(=O)[C@H]2C(=O)OC)cc1Cl. The highest BCUT2D eigenvalue weighted by Crippen LogP contribution is 2.42. The monoisotopic (exact) mass is 507 g/mol. The van der Waals surface area contributed by atoms with Crippen LogP contribution in [0.3, 0.4) is 0 Å². The largest absolute Gasteiger partial charge is 0.492 e. The Bertz CT molecular complexity index is 1020. The molecule has 1 aromatic carbocycles. The molecule has 9 nitrogen and oxygen atoms in total. The van der Waals surface area contributed by atoms with Crippen molar-refractivity contribution in [3.63, 3.8) is 0 Å². The number of amides is 2. The van der Waals surface area contributed by atoms with E-state index in [-0.39, 0.29) is 33.4 Å². The highest BCUT2D eigenvalue weighted by molar-refractivity contribution is 8.03. The minimum atomic E-state index is -1.29. The summed E-state index contributed by atoms with van der Waals surface area (Å²) in [5.74, 6) is -3.45. The molecule has 0 aliphatic carbocycles. The molecule has 1 aromatic rings. The van der Waals surface area contributed by atoms with Gasteiger partial charge in [-0.3, -0.25) is 14.4 Å². The summed E-state index contributed by atoms with van der Waals surface area (Å²) < 4.78 is 15.8. The Hall–Kier alpha value is -2.74. The number of nitrogens with one attached hydrogen (secondary N) is 2. The fraction of sp³-hybridized carbons (Fsp3) is 0.478. The molecule has 2 amide bonds. The van der Waals surface area contributed by atoms with Crippen LogP contribution >= 0.6 is 23.4 Å². The summed E-state index contributed by atoms with van der Waals surface area (Å²) in [6.45, 7) is 3.33. The lowest BCUT2D eigenvalue weighted by molar-refractivity contribution is -0.150. The Morgan fingerprint density at radius 3 is 2.82 bits per heavy atom. The first kappa shape index (κ1) is 25.9. The molecule has 0 spiro atoms. The Kier molecular flexibility index (Phi) is 9.21. The van der Waals surface area contributed by atoms with E-state index >= 15 is 0 Å². The van der Waals surface area contributed by atoms with Gasteiger partial charge < -0.3 is 24.8 Å². The van der Waals surface area contributed by atoms with E-state index in [1.807, 2.05) is 6.92 Å². The van der Waals surface area contributed by atoms with Crippen molar-refractivity contribution in [2.75, 3.05) is 32.6 Å². The maximum atomic E-state index is 12.9. The van der Waals surface area contributed by atoms with Gasteiger partial charge in [0.2, 0.25) is 11.8 Å². The third-order valence-corrected chi connectivity index (χ3v) is 6.81. The van der Waals surface area contributed by atoms with E-state index in [1.165, 1.54) is 7.11 Å². The van der Waals surface area contributed by atoms with Crippen LogP contribution in [-0.2, 0) is 23.9 Å². The van der Waals surface area contributed by atoms with Crippen LogP contribution in [0.4, 0.5) is 0 Å². The van der Waals surface area contributed by atoms with Crippen molar-refractivity contribution in [1.82, 2.24) is 10.6 Å². The molecule has 182 valence electrons. The van der Waals surface area contributed by atoms with Gasteiger partial charge >= 0.3 is 5.97 Å². The highest BCUT2D eigenvalue weighted by atomic mass is 35.5. The fourth-order valence-corrected chi connectivity index (χ4v) is 5.01. The van der Waals surface area contributed by atoms with Gasteiger partial charge in [0.05, 0.1) is 47.3 Å². The maximum Gasteiger partial charge on any atom is 0.319 e.